The standard InChI is InChI=1S/C27H28ClN3O4S.C17H16Cl2N2O.C9H13NO2S.CH4/c1-4-36(34,35)22-11-7-18(8-12-22)14-30-26(32)20-13-23-24(29-15-20)25(17(2)3)31(27(23)33)16-19-5-9-21(28)10-6-19;1-10(2)16-15-14(7-13(19)8-20-15)17(22)21(16)9-11-3-5-12(18)6-4-11;1-2-13(11,12)9-5-3-8(7-10)4-6-9;/h5-13,15,17,25H,4,14,16H2,1-3H3,(H,30,32);3-8,10,16H,9H2,1-2H3;3-6H,2,7,10H2,1H3;1H4/t25-;16-;;/m00../s1. The van der Waals surface area contributed by atoms with E-state index in [1.54, 1.807) is 85.6 Å². The van der Waals surface area contributed by atoms with Crippen molar-refractivity contribution in [3.05, 3.63) is 187 Å². The number of rotatable bonds is 14. The highest BCUT2D eigenvalue weighted by Gasteiger charge is 2.41. The van der Waals surface area contributed by atoms with Crippen molar-refractivity contribution in [3.63, 3.8) is 0 Å². The number of nitrogens with two attached hydrogens (primary N) is 1. The lowest BCUT2D eigenvalue weighted by molar-refractivity contribution is 0.0656. The highest BCUT2D eigenvalue weighted by Crippen LogP contribution is 2.40. The molecule has 0 radical (unpaired) electrons. The first-order valence-electron chi connectivity index (χ1n) is 23.1. The van der Waals surface area contributed by atoms with Gasteiger partial charge >= 0.3 is 0 Å². The van der Waals surface area contributed by atoms with Gasteiger partial charge in [0, 0.05) is 48.6 Å². The van der Waals surface area contributed by atoms with E-state index < -0.39 is 19.7 Å². The molecule has 382 valence electrons. The molecule has 72 heavy (non-hydrogen) atoms. The number of carbonyl (C=O) groups is 3. The maximum absolute atomic E-state index is 13.4. The summed E-state index contributed by atoms with van der Waals surface area (Å²) in [5.74, 6) is 0.0322. The van der Waals surface area contributed by atoms with Crippen molar-refractivity contribution in [1.82, 2.24) is 25.1 Å². The summed E-state index contributed by atoms with van der Waals surface area (Å²) in [5, 5.41) is 4.63. The molecule has 0 spiro atoms. The van der Waals surface area contributed by atoms with Gasteiger partial charge < -0.3 is 20.9 Å². The minimum atomic E-state index is -3.28. The highest BCUT2D eigenvalue weighted by atomic mass is 35.5. The molecular formula is C54H61Cl3N6O7S2. The first-order chi connectivity index (χ1) is 33.7. The molecule has 6 aromatic rings. The zero-order valence-corrected chi connectivity index (χ0v) is 44.2. The molecule has 0 saturated carbocycles. The number of amides is 3. The lowest BCUT2D eigenvalue weighted by atomic mass is 9.99. The van der Waals surface area contributed by atoms with Crippen LogP contribution < -0.4 is 11.1 Å². The second-order valence-electron chi connectivity index (χ2n) is 17.7. The molecule has 4 aromatic carbocycles. The Morgan fingerprint density at radius 3 is 1.39 bits per heavy atom. The first kappa shape index (κ1) is 57.2. The fourth-order valence-electron chi connectivity index (χ4n) is 8.25. The zero-order chi connectivity index (χ0) is 51.8. The molecule has 2 aliphatic rings. The molecule has 0 bridgehead atoms. The Bertz CT molecular complexity index is 3090. The quantitative estimate of drug-likeness (QED) is 0.106. The summed E-state index contributed by atoms with van der Waals surface area (Å²) in [7, 11) is -6.34. The van der Waals surface area contributed by atoms with Gasteiger partial charge in [0.15, 0.2) is 19.7 Å². The van der Waals surface area contributed by atoms with Crippen LogP contribution in [0.15, 0.2) is 131 Å². The molecule has 0 unspecified atom stereocenters. The summed E-state index contributed by atoms with van der Waals surface area (Å²) >= 11 is 17.9. The van der Waals surface area contributed by atoms with Crippen molar-refractivity contribution < 1.29 is 31.2 Å². The van der Waals surface area contributed by atoms with Gasteiger partial charge in [-0.25, -0.2) is 16.8 Å². The van der Waals surface area contributed by atoms with Crippen LogP contribution in [0.4, 0.5) is 0 Å². The topological polar surface area (TPSA) is 190 Å². The number of nitrogens with zero attached hydrogens (tertiary/aromatic N) is 4. The second kappa shape index (κ2) is 24.8. The Hall–Kier alpha value is -5.68. The SMILES string of the molecule is C.CC(C)[C@H]1c2ncc(Cl)cc2C(=O)N1Cc1ccc(Cl)cc1.CCS(=O)(=O)c1ccc(CN)cc1.CCS(=O)(=O)c1ccc(CNC(=O)c2cnc3c(c2)C(=O)N(Cc2ccc(Cl)cc2)[C@H]3C(C)C)cc1. The number of fused-ring (bicyclic) bond motifs is 2. The fourth-order valence-corrected chi connectivity index (χ4v) is 10.4. The molecule has 2 aromatic heterocycles. The van der Waals surface area contributed by atoms with Gasteiger partial charge in [0.2, 0.25) is 0 Å². The Morgan fingerprint density at radius 1 is 0.597 bits per heavy atom. The summed E-state index contributed by atoms with van der Waals surface area (Å²) in [6, 6.07) is 31.1. The largest absolute Gasteiger partial charge is 0.348 e. The van der Waals surface area contributed by atoms with Crippen LogP contribution in [0, 0.1) is 11.8 Å². The summed E-state index contributed by atoms with van der Waals surface area (Å²) < 4.78 is 46.7. The smallest absolute Gasteiger partial charge is 0.256 e. The van der Waals surface area contributed by atoms with Crippen LogP contribution in [0.5, 0.6) is 0 Å². The van der Waals surface area contributed by atoms with Crippen molar-refractivity contribution in [1.29, 1.82) is 0 Å². The zero-order valence-electron chi connectivity index (χ0n) is 40.3. The number of pyridine rings is 2. The third-order valence-corrected chi connectivity index (χ3v) is 16.3. The molecule has 4 heterocycles. The number of halogens is 3. The van der Waals surface area contributed by atoms with Crippen molar-refractivity contribution in [2.45, 2.75) is 97.0 Å². The van der Waals surface area contributed by atoms with E-state index in [1.807, 2.05) is 55.1 Å². The van der Waals surface area contributed by atoms with E-state index in [9.17, 15) is 31.2 Å². The van der Waals surface area contributed by atoms with Crippen molar-refractivity contribution >= 4 is 72.2 Å². The average Bonchev–Trinajstić information content (AvgIpc) is 3.80. The summed E-state index contributed by atoms with van der Waals surface area (Å²) in [6.45, 7) is 13.1. The number of aromatic nitrogens is 2. The van der Waals surface area contributed by atoms with E-state index >= 15 is 0 Å². The van der Waals surface area contributed by atoms with E-state index in [0.29, 0.717) is 62.0 Å². The molecular weight excluding hydrogens is 1020 g/mol. The molecule has 0 aliphatic carbocycles. The lowest BCUT2D eigenvalue weighted by Gasteiger charge is -2.27. The molecule has 2 atom stereocenters. The number of sulfone groups is 2. The van der Waals surface area contributed by atoms with Crippen molar-refractivity contribution in [3.8, 4) is 0 Å². The van der Waals surface area contributed by atoms with E-state index in [0.717, 1.165) is 27.9 Å². The van der Waals surface area contributed by atoms with Gasteiger partial charge in [-0.1, -0.05) is 132 Å². The van der Waals surface area contributed by atoms with E-state index in [-0.39, 0.29) is 72.0 Å². The number of benzene rings is 4. The van der Waals surface area contributed by atoms with E-state index in [2.05, 4.69) is 29.1 Å². The van der Waals surface area contributed by atoms with Gasteiger partial charge in [0.05, 0.1) is 66.5 Å². The van der Waals surface area contributed by atoms with Crippen molar-refractivity contribution in [2.75, 3.05) is 11.5 Å². The van der Waals surface area contributed by atoms with Crippen LogP contribution in [0.1, 0.15) is 126 Å². The Morgan fingerprint density at radius 2 is 0.986 bits per heavy atom. The summed E-state index contributed by atoms with van der Waals surface area (Å²) in [4.78, 5) is 52.1. The van der Waals surface area contributed by atoms with Gasteiger partial charge in [0.25, 0.3) is 17.7 Å². The summed E-state index contributed by atoms with van der Waals surface area (Å²) in [6.07, 6.45) is 3.11. The molecule has 8 rings (SSSR count). The normalized spacial score (nSPS) is 15.0. The molecule has 3 amide bonds. The van der Waals surface area contributed by atoms with Gasteiger partial charge in [0.1, 0.15) is 0 Å². The molecule has 0 saturated heterocycles. The molecule has 3 N–H and O–H groups in total. The molecule has 0 fully saturated rings. The van der Waals surface area contributed by atoms with Crippen LogP contribution in [0.25, 0.3) is 0 Å². The van der Waals surface area contributed by atoms with Crippen LogP contribution >= 0.6 is 34.8 Å². The molecule has 13 nitrogen and oxygen atoms in total. The number of nitrogens with one attached hydrogen (secondary N) is 1. The third-order valence-electron chi connectivity index (χ3n) is 12.1. The highest BCUT2D eigenvalue weighted by molar-refractivity contribution is 7.91. The Kier molecular flexibility index (Phi) is 19.7. The van der Waals surface area contributed by atoms with Crippen molar-refractivity contribution in [2.24, 2.45) is 17.6 Å². The van der Waals surface area contributed by atoms with Gasteiger partial charge in [-0.05, 0) is 94.8 Å². The monoisotopic (exact) mass is 1070 g/mol. The van der Waals surface area contributed by atoms with Gasteiger partial charge in [-0.2, -0.15) is 0 Å². The maximum Gasteiger partial charge on any atom is 0.256 e. The average molecular weight is 1080 g/mol. The van der Waals surface area contributed by atoms with Gasteiger partial charge in [-0.15, -0.1) is 0 Å². The second-order valence-corrected chi connectivity index (χ2v) is 23.6. The van der Waals surface area contributed by atoms with Gasteiger partial charge in [-0.3, -0.25) is 24.4 Å². The lowest BCUT2D eigenvalue weighted by Crippen LogP contribution is -2.30. The van der Waals surface area contributed by atoms with Crippen LogP contribution in [-0.2, 0) is 45.9 Å². The number of hydrogen-bond acceptors (Lipinski definition) is 10. The van der Waals surface area contributed by atoms with E-state index in [1.165, 1.54) is 18.3 Å². The predicted octanol–water partition coefficient (Wildman–Crippen LogP) is 11.1. The minimum Gasteiger partial charge on any atom is -0.348 e. The Labute approximate surface area is 439 Å². The maximum atomic E-state index is 13.4. The minimum absolute atomic E-state index is 0. The fraction of sp³-hybridized carbons (Fsp3) is 0.315. The number of hydrogen-bond donors (Lipinski definition) is 2. The third kappa shape index (κ3) is 13.7. The van der Waals surface area contributed by atoms with Crippen LogP contribution in [0.3, 0.4) is 0 Å². The van der Waals surface area contributed by atoms with Crippen LogP contribution in [-0.4, -0.2) is 65.8 Å². The predicted molar refractivity (Wildman–Crippen MR) is 285 cm³/mol. The van der Waals surface area contributed by atoms with Crippen LogP contribution in [0.2, 0.25) is 15.1 Å². The number of carbonyl (C=O) groups excluding carboxylic acids is 3. The first-order valence-corrected chi connectivity index (χ1v) is 27.5. The molecule has 2 aliphatic heterocycles. The summed E-state index contributed by atoms with van der Waals surface area (Å²) in [5.41, 5.74) is 11.9. The molecule has 18 heteroatoms. The van der Waals surface area contributed by atoms with E-state index in [4.69, 9.17) is 40.5 Å². The Balaban J connectivity index is 0.000000226.